The third-order valence-corrected chi connectivity index (χ3v) is 4.61. The maximum atomic E-state index is 12.4. The molecule has 0 bridgehead atoms. The fraction of sp³-hybridized carbons (Fsp3) is 0.450. The van der Waals surface area contributed by atoms with Crippen molar-refractivity contribution in [1.29, 1.82) is 0 Å². The number of carbonyl (C=O) groups excluding carboxylic acids is 1. The van der Waals surface area contributed by atoms with E-state index in [0.717, 1.165) is 6.42 Å². The first-order valence-electron chi connectivity index (χ1n) is 9.02. The quantitative estimate of drug-likeness (QED) is 0.631. The second kappa shape index (κ2) is 9.25. The zero-order valence-electron chi connectivity index (χ0n) is 16.5. The highest BCUT2D eigenvalue weighted by Crippen LogP contribution is 2.33. The van der Waals surface area contributed by atoms with Crippen LogP contribution >= 0.6 is 0 Å². The number of carboxylic acids is 1. The van der Waals surface area contributed by atoms with Gasteiger partial charge in [-0.25, -0.2) is 9.59 Å². The van der Waals surface area contributed by atoms with E-state index < -0.39 is 23.5 Å². The van der Waals surface area contributed by atoms with Gasteiger partial charge in [-0.15, -0.1) is 0 Å². The minimum atomic E-state index is -1.10. The number of fused-ring (bicyclic) bond motifs is 1. The van der Waals surface area contributed by atoms with Crippen molar-refractivity contribution in [3.63, 3.8) is 0 Å². The molecule has 2 aromatic rings. The molecule has 0 fully saturated rings. The third-order valence-electron chi connectivity index (χ3n) is 4.61. The van der Waals surface area contributed by atoms with E-state index in [2.05, 4.69) is 5.32 Å². The van der Waals surface area contributed by atoms with Crippen LogP contribution in [-0.4, -0.2) is 37.2 Å². The van der Waals surface area contributed by atoms with Gasteiger partial charge in [0.1, 0.15) is 11.6 Å². The van der Waals surface area contributed by atoms with Crippen LogP contribution in [0.2, 0.25) is 0 Å². The number of hydrogen-bond donors (Lipinski definition) is 2. The topological polar surface area (TPSA) is 115 Å². The minimum absolute atomic E-state index is 0.178. The SMILES string of the molecule is CCCCC(NC(=O)Cc1c(C)c2cc(OC)c(OC)cc2oc1=O)C(=O)O. The summed E-state index contributed by atoms with van der Waals surface area (Å²) in [5, 5.41) is 12.3. The maximum absolute atomic E-state index is 12.4. The number of aryl methyl sites for hydroxylation is 1. The molecule has 0 aliphatic carbocycles. The molecule has 1 amide bonds. The second-order valence-electron chi connectivity index (χ2n) is 6.47. The Morgan fingerprint density at radius 1 is 1.21 bits per heavy atom. The summed E-state index contributed by atoms with van der Waals surface area (Å²) >= 11 is 0. The number of ether oxygens (including phenoxy) is 2. The summed E-state index contributed by atoms with van der Waals surface area (Å²) in [6.07, 6.45) is 1.56. The molecule has 1 aromatic carbocycles. The van der Waals surface area contributed by atoms with Gasteiger partial charge < -0.3 is 24.3 Å². The van der Waals surface area contributed by atoms with Crippen molar-refractivity contribution in [1.82, 2.24) is 5.32 Å². The molecule has 8 nitrogen and oxygen atoms in total. The van der Waals surface area contributed by atoms with Gasteiger partial charge in [-0.1, -0.05) is 19.8 Å². The Kier molecular flexibility index (Phi) is 7.03. The van der Waals surface area contributed by atoms with Gasteiger partial charge in [0.15, 0.2) is 11.5 Å². The first-order valence-corrected chi connectivity index (χ1v) is 9.02. The monoisotopic (exact) mass is 391 g/mol. The van der Waals surface area contributed by atoms with Crippen molar-refractivity contribution in [3.8, 4) is 11.5 Å². The lowest BCUT2D eigenvalue weighted by Crippen LogP contribution is -2.42. The molecular formula is C20H25NO7. The van der Waals surface area contributed by atoms with Crippen LogP contribution in [0.3, 0.4) is 0 Å². The highest BCUT2D eigenvalue weighted by molar-refractivity contribution is 5.88. The van der Waals surface area contributed by atoms with Gasteiger partial charge in [0, 0.05) is 11.5 Å². The Bertz CT molecular complexity index is 932. The largest absolute Gasteiger partial charge is 0.493 e. The molecule has 0 aliphatic heterocycles. The van der Waals surface area contributed by atoms with Gasteiger partial charge in [0.05, 0.1) is 26.2 Å². The van der Waals surface area contributed by atoms with Crippen molar-refractivity contribution in [2.75, 3.05) is 14.2 Å². The fourth-order valence-corrected chi connectivity index (χ4v) is 2.99. The second-order valence-corrected chi connectivity index (χ2v) is 6.47. The average Bonchev–Trinajstić information content (AvgIpc) is 2.67. The van der Waals surface area contributed by atoms with Crippen LogP contribution in [-0.2, 0) is 16.0 Å². The van der Waals surface area contributed by atoms with Crippen molar-refractivity contribution in [2.45, 2.75) is 45.6 Å². The van der Waals surface area contributed by atoms with E-state index in [9.17, 15) is 19.5 Å². The van der Waals surface area contributed by atoms with E-state index in [1.165, 1.54) is 14.2 Å². The van der Waals surface area contributed by atoms with Crippen LogP contribution in [0.4, 0.5) is 0 Å². The number of methoxy groups -OCH3 is 2. The molecule has 1 unspecified atom stereocenters. The third kappa shape index (κ3) is 4.62. The Morgan fingerprint density at radius 2 is 1.86 bits per heavy atom. The predicted octanol–water partition coefficient (Wildman–Crippen LogP) is 2.42. The molecule has 0 radical (unpaired) electrons. The molecule has 0 saturated carbocycles. The van der Waals surface area contributed by atoms with Crippen LogP contribution in [0.1, 0.15) is 37.3 Å². The van der Waals surface area contributed by atoms with E-state index >= 15 is 0 Å². The molecule has 1 heterocycles. The molecular weight excluding hydrogens is 366 g/mol. The highest BCUT2D eigenvalue weighted by atomic mass is 16.5. The van der Waals surface area contributed by atoms with Crippen LogP contribution < -0.4 is 20.4 Å². The summed E-state index contributed by atoms with van der Waals surface area (Å²) in [4.78, 5) is 36.1. The van der Waals surface area contributed by atoms with Gasteiger partial charge in [-0.3, -0.25) is 4.79 Å². The summed E-state index contributed by atoms with van der Waals surface area (Å²) in [6, 6.07) is 2.25. The number of carboxylic acid groups (broad SMARTS) is 1. The summed E-state index contributed by atoms with van der Waals surface area (Å²) in [7, 11) is 2.97. The lowest BCUT2D eigenvalue weighted by atomic mass is 10.0. The Morgan fingerprint density at radius 3 is 2.43 bits per heavy atom. The first kappa shape index (κ1) is 21.3. The summed E-state index contributed by atoms with van der Waals surface area (Å²) in [5.41, 5.74) is 0.420. The molecule has 0 spiro atoms. The number of rotatable bonds is 9. The molecule has 8 heteroatoms. The highest BCUT2D eigenvalue weighted by Gasteiger charge is 2.22. The number of nitrogens with one attached hydrogen (secondary N) is 1. The molecule has 2 N–H and O–H groups in total. The van der Waals surface area contributed by atoms with Gasteiger partial charge in [0.2, 0.25) is 5.91 Å². The zero-order chi connectivity index (χ0) is 20.8. The van der Waals surface area contributed by atoms with Gasteiger partial charge in [-0.2, -0.15) is 0 Å². The number of amides is 1. The van der Waals surface area contributed by atoms with E-state index in [0.29, 0.717) is 40.9 Å². The Balaban J connectivity index is 2.35. The normalized spacial score (nSPS) is 11.9. The van der Waals surface area contributed by atoms with E-state index in [1.54, 1.807) is 19.1 Å². The van der Waals surface area contributed by atoms with Crippen LogP contribution in [0.25, 0.3) is 11.0 Å². The number of unbranched alkanes of at least 4 members (excludes halogenated alkanes) is 1. The lowest BCUT2D eigenvalue weighted by molar-refractivity contribution is -0.142. The fourth-order valence-electron chi connectivity index (χ4n) is 2.99. The standard InChI is InChI=1S/C20H25NO7/c1-5-6-7-14(19(23)24)21-18(22)9-13-11(2)12-8-16(26-3)17(27-4)10-15(12)28-20(13)25/h8,10,14H,5-7,9H2,1-4H3,(H,21,22)(H,23,24). The van der Waals surface area contributed by atoms with E-state index in [1.807, 2.05) is 6.92 Å². The molecule has 1 aromatic heterocycles. The zero-order valence-corrected chi connectivity index (χ0v) is 16.5. The number of aliphatic carboxylic acids is 1. The van der Waals surface area contributed by atoms with Crippen LogP contribution in [0, 0.1) is 6.92 Å². The van der Waals surface area contributed by atoms with Gasteiger partial charge >= 0.3 is 11.6 Å². The average molecular weight is 391 g/mol. The van der Waals surface area contributed by atoms with Crippen LogP contribution in [0.15, 0.2) is 21.3 Å². The first-order chi connectivity index (χ1) is 13.3. The maximum Gasteiger partial charge on any atom is 0.340 e. The Hall–Kier alpha value is -3.03. The molecule has 0 saturated heterocycles. The van der Waals surface area contributed by atoms with Gasteiger partial charge in [-0.05, 0) is 25.0 Å². The summed E-state index contributed by atoms with van der Waals surface area (Å²) in [6.45, 7) is 3.65. The molecule has 152 valence electrons. The summed E-state index contributed by atoms with van der Waals surface area (Å²) < 4.78 is 15.8. The van der Waals surface area contributed by atoms with Crippen LogP contribution in [0.5, 0.6) is 11.5 Å². The number of carbonyl (C=O) groups is 2. The lowest BCUT2D eigenvalue weighted by Gasteiger charge is -2.15. The smallest absolute Gasteiger partial charge is 0.340 e. The number of benzene rings is 1. The minimum Gasteiger partial charge on any atom is -0.493 e. The van der Waals surface area contributed by atoms with Crippen molar-refractivity contribution < 1.29 is 28.6 Å². The summed E-state index contributed by atoms with van der Waals surface area (Å²) in [5.74, 6) is -0.754. The molecule has 0 aliphatic rings. The van der Waals surface area contributed by atoms with E-state index in [4.69, 9.17) is 13.9 Å². The Labute approximate surface area is 162 Å². The van der Waals surface area contributed by atoms with Gasteiger partial charge in [0.25, 0.3) is 0 Å². The molecule has 28 heavy (non-hydrogen) atoms. The molecule has 1 atom stereocenters. The van der Waals surface area contributed by atoms with Crippen molar-refractivity contribution in [3.05, 3.63) is 33.7 Å². The molecule has 2 rings (SSSR count). The van der Waals surface area contributed by atoms with Crippen molar-refractivity contribution in [2.24, 2.45) is 0 Å². The van der Waals surface area contributed by atoms with E-state index in [-0.39, 0.29) is 12.0 Å². The predicted molar refractivity (Wildman–Crippen MR) is 103 cm³/mol. The number of hydrogen-bond acceptors (Lipinski definition) is 6. The van der Waals surface area contributed by atoms with Crippen molar-refractivity contribution >= 4 is 22.8 Å².